The van der Waals surface area contributed by atoms with Crippen molar-refractivity contribution in [1.82, 2.24) is 15.5 Å². The Kier molecular flexibility index (Phi) is 4.13. The Hall–Kier alpha value is -1.20. The molecule has 0 radical (unpaired) electrons. The molecule has 0 amide bonds. The standard InChI is InChI=1S/C16H20BrN3O/c1-16(2)7-4-8-18-14(16)15-19-13(20-21-15)10-11-5-3-6-12(17)9-11/h3,5-6,9,14,18H,4,7-8,10H2,1-2H3. The zero-order chi connectivity index (χ0) is 14.9. The minimum Gasteiger partial charge on any atom is -0.338 e. The number of rotatable bonds is 3. The summed E-state index contributed by atoms with van der Waals surface area (Å²) in [6, 6.07) is 8.34. The molecule has 1 unspecified atom stereocenters. The van der Waals surface area contributed by atoms with Gasteiger partial charge in [0, 0.05) is 10.9 Å². The first-order chi connectivity index (χ1) is 10.0. The van der Waals surface area contributed by atoms with Crippen LogP contribution in [-0.2, 0) is 6.42 Å². The Morgan fingerprint density at radius 2 is 2.29 bits per heavy atom. The molecular formula is C16H20BrN3O. The molecule has 5 heteroatoms. The minimum atomic E-state index is 0.148. The van der Waals surface area contributed by atoms with E-state index < -0.39 is 0 Å². The van der Waals surface area contributed by atoms with Crippen LogP contribution in [0.25, 0.3) is 0 Å². The molecule has 2 heterocycles. The predicted octanol–water partition coefficient (Wildman–Crippen LogP) is 3.87. The van der Waals surface area contributed by atoms with Crippen LogP contribution in [0.4, 0.5) is 0 Å². The van der Waals surface area contributed by atoms with Gasteiger partial charge in [-0.3, -0.25) is 0 Å². The Balaban J connectivity index is 1.77. The largest absolute Gasteiger partial charge is 0.338 e. The molecule has 1 fully saturated rings. The maximum Gasteiger partial charge on any atom is 0.244 e. The van der Waals surface area contributed by atoms with Gasteiger partial charge in [-0.1, -0.05) is 47.1 Å². The second kappa shape index (κ2) is 5.89. The van der Waals surface area contributed by atoms with Gasteiger partial charge in [0.25, 0.3) is 0 Å². The SMILES string of the molecule is CC1(C)CCCNC1c1nc(Cc2cccc(Br)c2)no1. The first kappa shape index (κ1) is 14.7. The minimum absolute atomic E-state index is 0.148. The lowest BCUT2D eigenvalue weighted by molar-refractivity contribution is 0.146. The van der Waals surface area contributed by atoms with E-state index in [9.17, 15) is 0 Å². The summed E-state index contributed by atoms with van der Waals surface area (Å²) in [7, 11) is 0. The Labute approximate surface area is 133 Å². The fourth-order valence-electron chi connectivity index (χ4n) is 2.92. The molecule has 1 aliphatic heterocycles. The second-order valence-corrected chi connectivity index (χ2v) is 7.25. The first-order valence-electron chi connectivity index (χ1n) is 7.35. The summed E-state index contributed by atoms with van der Waals surface area (Å²) in [6.07, 6.45) is 3.06. The van der Waals surface area contributed by atoms with Gasteiger partial charge < -0.3 is 9.84 Å². The molecule has 4 nitrogen and oxygen atoms in total. The van der Waals surface area contributed by atoms with Crippen molar-refractivity contribution < 1.29 is 4.52 Å². The molecule has 1 atom stereocenters. The van der Waals surface area contributed by atoms with Crippen molar-refractivity contribution in [3.8, 4) is 0 Å². The lowest BCUT2D eigenvalue weighted by atomic mass is 9.77. The van der Waals surface area contributed by atoms with Crippen LogP contribution in [-0.4, -0.2) is 16.7 Å². The maximum atomic E-state index is 5.51. The monoisotopic (exact) mass is 349 g/mol. The molecule has 2 aromatic rings. The molecule has 1 saturated heterocycles. The van der Waals surface area contributed by atoms with Gasteiger partial charge in [-0.15, -0.1) is 0 Å². The van der Waals surface area contributed by atoms with Gasteiger partial charge in [-0.2, -0.15) is 4.98 Å². The predicted molar refractivity (Wildman–Crippen MR) is 85.0 cm³/mol. The summed E-state index contributed by atoms with van der Waals surface area (Å²) in [5.41, 5.74) is 1.32. The molecule has 112 valence electrons. The third kappa shape index (κ3) is 3.35. The Morgan fingerprint density at radius 1 is 1.43 bits per heavy atom. The molecule has 1 aromatic carbocycles. The van der Waals surface area contributed by atoms with Crippen LogP contribution in [0.2, 0.25) is 0 Å². The van der Waals surface area contributed by atoms with Crippen LogP contribution < -0.4 is 5.32 Å². The lowest BCUT2D eigenvalue weighted by Gasteiger charge is -2.36. The number of benzene rings is 1. The Morgan fingerprint density at radius 3 is 3.05 bits per heavy atom. The van der Waals surface area contributed by atoms with E-state index in [1.165, 1.54) is 18.4 Å². The summed E-state index contributed by atoms with van der Waals surface area (Å²) >= 11 is 3.48. The molecule has 1 aliphatic rings. The third-order valence-corrected chi connectivity index (χ3v) is 4.60. The Bertz CT molecular complexity index is 623. The average molecular weight is 350 g/mol. The molecule has 1 N–H and O–H groups in total. The average Bonchev–Trinajstić information content (AvgIpc) is 2.86. The maximum absolute atomic E-state index is 5.51. The van der Waals surface area contributed by atoms with E-state index in [0.29, 0.717) is 12.3 Å². The van der Waals surface area contributed by atoms with E-state index in [1.54, 1.807) is 0 Å². The number of piperidine rings is 1. The van der Waals surface area contributed by atoms with Crippen molar-refractivity contribution in [3.05, 3.63) is 46.0 Å². The number of aromatic nitrogens is 2. The zero-order valence-electron chi connectivity index (χ0n) is 12.4. The topological polar surface area (TPSA) is 51.0 Å². The highest BCUT2D eigenvalue weighted by Gasteiger charge is 2.36. The normalized spacial score (nSPS) is 21.4. The van der Waals surface area contributed by atoms with E-state index in [4.69, 9.17) is 4.52 Å². The summed E-state index contributed by atoms with van der Waals surface area (Å²) in [4.78, 5) is 4.60. The smallest absolute Gasteiger partial charge is 0.244 e. The number of hydrogen-bond acceptors (Lipinski definition) is 4. The highest BCUT2D eigenvalue weighted by molar-refractivity contribution is 9.10. The van der Waals surface area contributed by atoms with Crippen LogP contribution in [0.15, 0.2) is 33.3 Å². The summed E-state index contributed by atoms with van der Waals surface area (Å²) in [6.45, 7) is 5.52. The molecule has 0 aliphatic carbocycles. The van der Waals surface area contributed by atoms with Gasteiger partial charge in [-0.05, 0) is 42.5 Å². The van der Waals surface area contributed by atoms with Crippen LogP contribution >= 0.6 is 15.9 Å². The van der Waals surface area contributed by atoms with Gasteiger partial charge in [0.2, 0.25) is 5.89 Å². The van der Waals surface area contributed by atoms with Crippen molar-refractivity contribution in [2.45, 2.75) is 39.2 Å². The molecule has 0 spiro atoms. The molecule has 0 saturated carbocycles. The van der Waals surface area contributed by atoms with Gasteiger partial charge >= 0.3 is 0 Å². The fourth-order valence-corrected chi connectivity index (χ4v) is 3.37. The van der Waals surface area contributed by atoms with E-state index >= 15 is 0 Å². The van der Waals surface area contributed by atoms with Crippen LogP contribution in [0.3, 0.4) is 0 Å². The van der Waals surface area contributed by atoms with Crippen molar-refractivity contribution in [2.75, 3.05) is 6.54 Å². The zero-order valence-corrected chi connectivity index (χ0v) is 14.0. The van der Waals surface area contributed by atoms with Crippen molar-refractivity contribution in [2.24, 2.45) is 5.41 Å². The first-order valence-corrected chi connectivity index (χ1v) is 8.14. The van der Waals surface area contributed by atoms with Crippen molar-refractivity contribution >= 4 is 15.9 Å². The molecule has 1 aromatic heterocycles. The molecule has 3 rings (SSSR count). The van der Waals surface area contributed by atoms with Gasteiger partial charge in [-0.25, -0.2) is 0 Å². The van der Waals surface area contributed by atoms with E-state index in [0.717, 1.165) is 16.8 Å². The number of nitrogens with zero attached hydrogens (tertiary/aromatic N) is 2. The van der Waals surface area contributed by atoms with Crippen LogP contribution in [0, 0.1) is 5.41 Å². The summed E-state index contributed by atoms with van der Waals surface area (Å²) in [5, 5.41) is 7.65. The number of hydrogen-bond donors (Lipinski definition) is 1. The van der Waals surface area contributed by atoms with E-state index in [-0.39, 0.29) is 11.5 Å². The fraction of sp³-hybridized carbons (Fsp3) is 0.500. The second-order valence-electron chi connectivity index (χ2n) is 6.33. The van der Waals surface area contributed by atoms with Crippen molar-refractivity contribution in [1.29, 1.82) is 0 Å². The highest BCUT2D eigenvalue weighted by Crippen LogP contribution is 2.39. The highest BCUT2D eigenvalue weighted by atomic mass is 79.9. The van der Waals surface area contributed by atoms with Gasteiger partial charge in [0.05, 0.1) is 6.04 Å². The van der Waals surface area contributed by atoms with Crippen molar-refractivity contribution in [3.63, 3.8) is 0 Å². The van der Waals surface area contributed by atoms with E-state index in [2.05, 4.69) is 57.4 Å². The molecular weight excluding hydrogens is 330 g/mol. The van der Waals surface area contributed by atoms with E-state index in [1.807, 2.05) is 12.1 Å². The van der Waals surface area contributed by atoms with Crippen LogP contribution in [0.1, 0.15) is 50.0 Å². The molecule has 21 heavy (non-hydrogen) atoms. The van der Waals surface area contributed by atoms with Gasteiger partial charge in [0.15, 0.2) is 5.82 Å². The van der Waals surface area contributed by atoms with Crippen LogP contribution in [0.5, 0.6) is 0 Å². The summed E-state index contributed by atoms with van der Waals surface area (Å²) in [5.74, 6) is 1.45. The summed E-state index contributed by atoms with van der Waals surface area (Å²) < 4.78 is 6.58. The lowest BCUT2D eigenvalue weighted by Crippen LogP contribution is -2.39. The molecule has 0 bridgehead atoms. The number of nitrogens with one attached hydrogen (secondary N) is 1. The third-order valence-electron chi connectivity index (χ3n) is 4.11. The van der Waals surface area contributed by atoms with Gasteiger partial charge in [0.1, 0.15) is 0 Å². The quantitative estimate of drug-likeness (QED) is 0.913. The number of halogens is 1.